The Kier molecular flexibility index (Phi) is 9.32. The molecule has 1 fully saturated rings. The van der Waals surface area contributed by atoms with Crippen LogP contribution in [0.2, 0.25) is 0 Å². The van der Waals surface area contributed by atoms with E-state index in [1.807, 2.05) is 40.7 Å². The second-order valence-corrected chi connectivity index (χ2v) is 10.0. The van der Waals surface area contributed by atoms with Crippen LogP contribution in [0, 0.1) is 11.8 Å². The monoisotopic (exact) mass is 455 g/mol. The highest BCUT2D eigenvalue weighted by Gasteiger charge is 2.30. The summed E-state index contributed by atoms with van der Waals surface area (Å²) in [5.41, 5.74) is 3.43. The molecule has 1 aliphatic heterocycles. The Morgan fingerprint density at radius 3 is 2.72 bits per heavy atom. The first-order valence-electron chi connectivity index (χ1n) is 11.3. The Morgan fingerprint density at radius 2 is 2.12 bits per heavy atom. The maximum Gasteiger partial charge on any atom is 0.306 e. The van der Waals surface area contributed by atoms with Crippen LogP contribution in [0.3, 0.4) is 0 Å². The number of ether oxygens (including phenoxy) is 1. The Balaban J connectivity index is 1.97. The van der Waals surface area contributed by atoms with Crippen LogP contribution in [0.15, 0.2) is 58.3 Å². The molecule has 6 heteroatoms. The quantitative estimate of drug-likeness (QED) is 0.193. The summed E-state index contributed by atoms with van der Waals surface area (Å²) in [6.45, 7) is 17.4. The number of nitrogens with one attached hydrogen (secondary N) is 1. The van der Waals surface area contributed by atoms with Crippen molar-refractivity contribution in [3.8, 4) is 0 Å². The van der Waals surface area contributed by atoms with Gasteiger partial charge in [-0.15, -0.1) is 0 Å². The summed E-state index contributed by atoms with van der Waals surface area (Å²) in [6, 6.07) is 0.0527. The van der Waals surface area contributed by atoms with Crippen LogP contribution in [0.4, 0.5) is 0 Å². The molecule has 0 saturated heterocycles. The number of rotatable bonds is 10. The molecule has 0 aromatic heterocycles. The van der Waals surface area contributed by atoms with Gasteiger partial charge in [0.25, 0.3) is 0 Å². The topological polar surface area (TPSA) is 63.0 Å². The third kappa shape index (κ3) is 9.03. The van der Waals surface area contributed by atoms with Crippen LogP contribution in [0.5, 0.6) is 0 Å². The fraction of sp³-hybridized carbons (Fsp3) is 0.538. The highest BCUT2D eigenvalue weighted by atomic mass is 32.1. The van der Waals surface area contributed by atoms with E-state index in [2.05, 4.69) is 29.5 Å². The zero-order valence-corrected chi connectivity index (χ0v) is 20.9. The SMILES string of the molecule is C=C/C(C)=C\C=NC(=C)C(C)C(=S)NC1=CC(C2CC2)=NC(CCC(=O)OC(C)(C)C)C1. The summed E-state index contributed by atoms with van der Waals surface area (Å²) in [7, 11) is 0. The maximum absolute atomic E-state index is 12.1. The number of esters is 1. The minimum atomic E-state index is -0.466. The number of aliphatic imine (C=N–C) groups is 2. The van der Waals surface area contributed by atoms with Gasteiger partial charge in [-0.3, -0.25) is 14.8 Å². The van der Waals surface area contributed by atoms with Crippen LogP contribution < -0.4 is 5.32 Å². The molecule has 0 spiro atoms. The molecule has 1 aliphatic carbocycles. The van der Waals surface area contributed by atoms with Crippen LogP contribution >= 0.6 is 12.2 Å². The molecule has 0 amide bonds. The van der Waals surface area contributed by atoms with Gasteiger partial charge in [0.05, 0.1) is 11.0 Å². The molecule has 0 bridgehead atoms. The average molecular weight is 456 g/mol. The largest absolute Gasteiger partial charge is 0.460 e. The lowest BCUT2D eigenvalue weighted by atomic mass is 9.99. The summed E-state index contributed by atoms with van der Waals surface area (Å²) in [5, 5.41) is 3.41. The highest BCUT2D eigenvalue weighted by molar-refractivity contribution is 7.80. The zero-order valence-electron chi connectivity index (χ0n) is 20.1. The molecule has 1 heterocycles. The van der Waals surface area contributed by atoms with Gasteiger partial charge in [0.15, 0.2) is 0 Å². The van der Waals surface area contributed by atoms with E-state index >= 15 is 0 Å². The lowest BCUT2D eigenvalue weighted by Crippen LogP contribution is -2.32. The van der Waals surface area contributed by atoms with Crippen molar-refractivity contribution < 1.29 is 9.53 Å². The first-order chi connectivity index (χ1) is 15.0. The predicted octanol–water partition coefficient (Wildman–Crippen LogP) is 5.89. The van der Waals surface area contributed by atoms with Crippen molar-refractivity contribution in [1.82, 2.24) is 5.32 Å². The smallest absolute Gasteiger partial charge is 0.306 e. The van der Waals surface area contributed by atoms with Crippen molar-refractivity contribution in [1.29, 1.82) is 0 Å². The van der Waals surface area contributed by atoms with Gasteiger partial charge in [-0.25, -0.2) is 0 Å². The van der Waals surface area contributed by atoms with Gasteiger partial charge in [0.2, 0.25) is 0 Å². The van der Waals surface area contributed by atoms with Gasteiger partial charge in [-0.2, -0.15) is 0 Å². The van der Waals surface area contributed by atoms with Crippen molar-refractivity contribution in [2.45, 2.75) is 78.4 Å². The molecule has 1 saturated carbocycles. The molecule has 5 nitrogen and oxygen atoms in total. The van der Waals surface area contributed by atoms with Crippen molar-refractivity contribution in [3.05, 3.63) is 48.4 Å². The number of hydrogen-bond donors (Lipinski definition) is 1. The van der Waals surface area contributed by atoms with E-state index in [0.717, 1.165) is 23.4 Å². The number of thiocarbonyl (C=S) groups is 1. The summed E-state index contributed by atoms with van der Waals surface area (Å²) >= 11 is 5.65. The van der Waals surface area contributed by atoms with E-state index in [1.165, 1.54) is 12.8 Å². The maximum atomic E-state index is 12.1. The van der Waals surface area contributed by atoms with E-state index in [0.29, 0.717) is 29.4 Å². The second-order valence-electron chi connectivity index (χ2n) is 9.58. The lowest BCUT2D eigenvalue weighted by molar-refractivity contribution is -0.155. The van der Waals surface area contributed by atoms with E-state index in [1.54, 1.807) is 12.3 Å². The van der Waals surface area contributed by atoms with Crippen molar-refractivity contribution >= 4 is 35.1 Å². The number of nitrogens with zero attached hydrogens (tertiary/aromatic N) is 2. The molecular formula is C26H37N3O2S. The van der Waals surface area contributed by atoms with E-state index < -0.39 is 5.60 Å². The summed E-state index contributed by atoms with van der Waals surface area (Å²) < 4.78 is 5.45. The minimum absolute atomic E-state index is 0.0527. The van der Waals surface area contributed by atoms with Crippen molar-refractivity contribution in [3.63, 3.8) is 0 Å². The molecule has 1 N–H and O–H groups in total. The summed E-state index contributed by atoms with van der Waals surface area (Å²) in [6.07, 6.45) is 11.6. The molecule has 2 aliphatic rings. The van der Waals surface area contributed by atoms with Gasteiger partial charge < -0.3 is 10.1 Å². The Bertz CT molecular complexity index is 870. The van der Waals surface area contributed by atoms with Crippen LogP contribution in [0.1, 0.15) is 66.7 Å². The number of allylic oxidation sites excluding steroid dienone is 4. The standard InChI is InChI=1S/C26H37N3O2S/c1-8-17(2)13-14-27-19(4)18(3)25(32)29-22-15-21(28-23(16-22)20-9-10-20)11-12-24(30)31-26(5,6)7/h8,13-14,16,18,20-21H,1,4,9-12,15H2,2-3,5-7H3,(H,29,32)/b17-13-,27-14?. The molecule has 0 aromatic carbocycles. The number of hydrogen-bond acceptors (Lipinski definition) is 5. The Hall–Kier alpha value is -2.34. The predicted molar refractivity (Wildman–Crippen MR) is 138 cm³/mol. The zero-order chi connectivity index (χ0) is 23.9. The van der Waals surface area contributed by atoms with Crippen molar-refractivity contribution in [2.75, 3.05) is 0 Å². The Labute approximate surface area is 198 Å². The minimum Gasteiger partial charge on any atom is -0.460 e. The molecule has 0 radical (unpaired) electrons. The molecule has 0 aromatic rings. The van der Waals surface area contributed by atoms with Crippen LogP contribution in [-0.2, 0) is 9.53 Å². The van der Waals surface area contributed by atoms with Gasteiger partial charge >= 0.3 is 5.97 Å². The third-order valence-corrected chi connectivity index (χ3v) is 5.74. The number of dihydropyridines is 1. The first kappa shape index (κ1) is 25.9. The van der Waals surface area contributed by atoms with Gasteiger partial charge in [0.1, 0.15) is 5.60 Å². The third-order valence-electron chi connectivity index (χ3n) is 5.28. The first-order valence-corrected chi connectivity index (χ1v) is 11.7. The molecule has 32 heavy (non-hydrogen) atoms. The van der Waals surface area contributed by atoms with Crippen LogP contribution in [-0.4, -0.2) is 34.5 Å². The van der Waals surface area contributed by atoms with Crippen LogP contribution in [0.25, 0.3) is 0 Å². The molecular weight excluding hydrogens is 418 g/mol. The molecule has 2 unspecified atom stereocenters. The van der Waals surface area contributed by atoms with Gasteiger partial charge in [0, 0.05) is 48.0 Å². The average Bonchev–Trinajstić information content (AvgIpc) is 3.55. The Morgan fingerprint density at radius 1 is 1.44 bits per heavy atom. The molecule has 2 atom stereocenters. The summed E-state index contributed by atoms with van der Waals surface area (Å²) in [5.74, 6) is 0.258. The van der Waals surface area contributed by atoms with E-state index in [4.69, 9.17) is 21.9 Å². The molecule has 2 rings (SSSR count). The fourth-order valence-electron chi connectivity index (χ4n) is 3.17. The van der Waals surface area contributed by atoms with Crippen molar-refractivity contribution in [2.24, 2.45) is 21.8 Å². The van der Waals surface area contributed by atoms with E-state index in [-0.39, 0.29) is 17.9 Å². The second kappa shape index (κ2) is 11.5. The lowest BCUT2D eigenvalue weighted by Gasteiger charge is -2.25. The number of carbonyl (C=O) groups is 1. The number of carbonyl (C=O) groups excluding carboxylic acids is 1. The fourth-order valence-corrected chi connectivity index (χ4v) is 3.43. The summed E-state index contributed by atoms with van der Waals surface area (Å²) in [4.78, 5) is 22.1. The van der Waals surface area contributed by atoms with Gasteiger partial charge in [-0.1, -0.05) is 43.9 Å². The van der Waals surface area contributed by atoms with E-state index in [9.17, 15) is 4.79 Å². The highest BCUT2D eigenvalue weighted by Crippen LogP contribution is 2.34. The molecule has 174 valence electrons. The van der Waals surface area contributed by atoms with Gasteiger partial charge in [-0.05, 0) is 59.1 Å². The normalized spacial score (nSPS) is 20.3.